The van der Waals surface area contributed by atoms with Gasteiger partial charge < -0.3 is 14.8 Å². The van der Waals surface area contributed by atoms with Crippen molar-refractivity contribution in [1.29, 1.82) is 0 Å². The average Bonchev–Trinajstić information content (AvgIpc) is 3.16. The van der Waals surface area contributed by atoms with Crippen molar-refractivity contribution in [2.75, 3.05) is 31.4 Å². The Bertz CT molecular complexity index is 1020. The van der Waals surface area contributed by atoms with Crippen molar-refractivity contribution in [3.63, 3.8) is 0 Å². The molecule has 8 heteroatoms. The van der Waals surface area contributed by atoms with Crippen LogP contribution in [0.5, 0.6) is 11.5 Å². The van der Waals surface area contributed by atoms with Crippen LogP contribution in [-0.4, -0.2) is 41.9 Å². The highest BCUT2D eigenvalue weighted by Gasteiger charge is 2.23. The van der Waals surface area contributed by atoms with Gasteiger partial charge in [0.2, 0.25) is 0 Å². The van der Waals surface area contributed by atoms with E-state index in [1.54, 1.807) is 32.4 Å². The summed E-state index contributed by atoms with van der Waals surface area (Å²) in [6, 6.07) is 15.2. The van der Waals surface area contributed by atoms with Crippen LogP contribution in [0.3, 0.4) is 0 Å². The Balaban J connectivity index is 1.38. The molecule has 0 radical (unpaired) electrons. The van der Waals surface area contributed by atoms with Crippen LogP contribution in [0, 0.1) is 0 Å². The van der Waals surface area contributed by atoms with Gasteiger partial charge in [-0.25, -0.2) is 4.79 Å². The first kappa shape index (κ1) is 19.8. The van der Waals surface area contributed by atoms with Crippen molar-refractivity contribution in [3.8, 4) is 11.5 Å². The third kappa shape index (κ3) is 4.38. The van der Waals surface area contributed by atoms with Crippen LogP contribution in [0.15, 0.2) is 48.5 Å². The smallest absolute Gasteiger partial charge is 0.324 e. The van der Waals surface area contributed by atoms with Crippen molar-refractivity contribution >= 4 is 17.5 Å². The number of amides is 2. The predicted octanol–water partition coefficient (Wildman–Crippen LogP) is 3.63. The normalized spacial score (nSPS) is 13.4. The van der Waals surface area contributed by atoms with E-state index in [1.165, 1.54) is 5.56 Å². The van der Waals surface area contributed by atoms with Gasteiger partial charge in [0.15, 0.2) is 17.3 Å². The summed E-state index contributed by atoms with van der Waals surface area (Å²) in [6.07, 6.45) is 0.824. The highest BCUT2D eigenvalue weighted by Crippen LogP contribution is 2.30. The van der Waals surface area contributed by atoms with E-state index in [0.29, 0.717) is 23.0 Å². The molecule has 0 unspecified atom stereocenters. The fourth-order valence-electron chi connectivity index (χ4n) is 3.64. The Labute approximate surface area is 175 Å². The number of anilines is 2. The second-order valence-electron chi connectivity index (χ2n) is 7.12. The first-order chi connectivity index (χ1) is 14.7. The van der Waals surface area contributed by atoms with E-state index >= 15 is 0 Å². The lowest BCUT2D eigenvalue weighted by Crippen LogP contribution is -2.30. The van der Waals surface area contributed by atoms with Crippen molar-refractivity contribution < 1.29 is 14.3 Å². The third-order valence-electron chi connectivity index (χ3n) is 5.13. The topological polar surface area (TPSA) is 91.5 Å². The number of aromatic amines is 1. The summed E-state index contributed by atoms with van der Waals surface area (Å²) < 4.78 is 10.5. The van der Waals surface area contributed by atoms with Gasteiger partial charge >= 0.3 is 6.03 Å². The zero-order chi connectivity index (χ0) is 20.9. The summed E-state index contributed by atoms with van der Waals surface area (Å²) >= 11 is 0. The monoisotopic (exact) mass is 407 g/mol. The van der Waals surface area contributed by atoms with E-state index in [0.717, 1.165) is 37.3 Å². The maximum atomic E-state index is 12.5. The number of nitrogens with zero attached hydrogens (tertiary/aromatic N) is 2. The summed E-state index contributed by atoms with van der Waals surface area (Å²) in [4.78, 5) is 14.8. The number of aromatic nitrogens is 2. The molecule has 3 N–H and O–H groups in total. The quantitative estimate of drug-likeness (QED) is 0.580. The maximum absolute atomic E-state index is 12.5. The number of H-pyrrole nitrogens is 1. The minimum atomic E-state index is -0.358. The summed E-state index contributed by atoms with van der Waals surface area (Å²) in [6.45, 7) is 2.57. The van der Waals surface area contributed by atoms with Crippen LogP contribution in [0.1, 0.15) is 16.8 Å². The zero-order valence-electron chi connectivity index (χ0n) is 17.1. The van der Waals surface area contributed by atoms with Crippen LogP contribution >= 0.6 is 0 Å². The molecule has 0 bridgehead atoms. The molecule has 3 aromatic rings. The van der Waals surface area contributed by atoms with Gasteiger partial charge in [-0.1, -0.05) is 30.3 Å². The van der Waals surface area contributed by atoms with Crippen LogP contribution in [0.4, 0.5) is 16.3 Å². The Morgan fingerprint density at radius 2 is 1.90 bits per heavy atom. The Morgan fingerprint density at radius 1 is 1.10 bits per heavy atom. The minimum absolute atomic E-state index is 0.358. The molecule has 0 saturated heterocycles. The number of hydrogen-bond acceptors (Lipinski definition) is 5. The predicted molar refractivity (Wildman–Crippen MR) is 115 cm³/mol. The summed E-state index contributed by atoms with van der Waals surface area (Å²) in [7, 11) is 3.12. The molecule has 0 spiro atoms. The van der Waals surface area contributed by atoms with E-state index in [2.05, 4.69) is 50.0 Å². The van der Waals surface area contributed by atoms with Gasteiger partial charge in [0.1, 0.15) is 0 Å². The number of benzene rings is 2. The van der Waals surface area contributed by atoms with Gasteiger partial charge in [-0.3, -0.25) is 15.3 Å². The number of methoxy groups -OCH3 is 2. The molecule has 0 saturated carbocycles. The van der Waals surface area contributed by atoms with Crippen LogP contribution < -0.4 is 20.1 Å². The van der Waals surface area contributed by atoms with Gasteiger partial charge in [-0.05, 0) is 24.1 Å². The van der Waals surface area contributed by atoms with Gasteiger partial charge in [0.05, 0.1) is 19.9 Å². The zero-order valence-corrected chi connectivity index (χ0v) is 17.1. The molecular weight excluding hydrogens is 382 g/mol. The van der Waals surface area contributed by atoms with E-state index < -0.39 is 0 Å². The first-order valence-electron chi connectivity index (χ1n) is 9.78. The largest absolute Gasteiger partial charge is 0.493 e. The Hall–Kier alpha value is -3.52. The number of nitrogens with one attached hydrogen (secondary N) is 3. The second-order valence-corrected chi connectivity index (χ2v) is 7.12. The van der Waals surface area contributed by atoms with Crippen LogP contribution in [-0.2, 0) is 19.5 Å². The number of rotatable bonds is 6. The second kappa shape index (κ2) is 8.87. The minimum Gasteiger partial charge on any atom is -0.493 e. The summed E-state index contributed by atoms with van der Waals surface area (Å²) in [5.41, 5.74) is 3.98. The number of hydrogen-bond donors (Lipinski definition) is 3. The molecule has 0 fully saturated rings. The molecule has 1 aliphatic heterocycles. The highest BCUT2D eigenvalue weighted by atomic mass is 16.5. The molecule has 1 aliphatic rings. The van der Waals surface area contributed by atoms with Crippen molar-refractivity contribution in [3.05, 3.63) is 65.4 Å². The number of ether oxygens (including phenoxy) is 2. The van der Waals surface area contributed by atoms with Gasteiger partial charge in [0, 0.05) is 37.0 Å². The fourth-order valence-corrected chi connectivity index (χ4v) is 3.64. The lowest BCUT2D eigenvalue weighted by molar-refractivity contribution is 0.242. The molecule has 0 atom stereocenters. The van der Waals surface area contributed by atoms with Crippen molar-refractivity contribution in [2.45, 2.75) is 19.5 Å². The van der Waals surface area contributed by atoms with Crippen molar-refractivity contribution in [1.82, 2.24) is 15.1 Å². The lowest BCUT2D eigenvalue weighted by Gasteiger charge is -2.26. The van der Waals surface area contributed by atoms with Crippen LogP contribution in [0.2, 0.25) is 0 Å². The van der Waals surface area contributed by atoms with E-state index in [4.69, 9.17) is 9.47 Å². The van der Waals surface area contributed by atoms with Gasteiger partial charge in [0.25, 0.3) is 0 Å². The van der Waals surface area contributed by atoms with E-state index in [-0.39, 0.29) is 6.03 Å². The third-order valence-corrected chi connectivity index (χ3v) is 5.13. The first-order valence-corrected chi connectivity index (χ1v) is 9.78. The standard InChI is InChI=1S/C22H25N5O3/c1-29-19-9-8-16(12-20(19)30-2)23-22(28)24-21-17-10-11-27(14-18(17)25-26-21)13-15-6-4-3-5-7-15/h3-9,12H,10-11,13-14H2,1-2H3,(H3,23,24,25,26,28). The molecule has 8 nitrogen and oxygen atoms in total. The fraction of sp³-hybridized carbons (Fsp3) is 0.273. The van der Waals surface area contributed by atoms with Gasteiger partial charge in [-0.2, -0.15) is 5.10 Å². The molecule has 156 valence electrons. The average molecular weight is 407 g/mol. The number of carbonyl (C=O) groups is 1. The highest BCUT2D eigenvalue weighted by molar-refractivity contribution is 5.99. The summed E-state index contributed by atoms with van der Waals surface area (Å²) in [5.74, 6) is 1.72. The lowest BCUT2D eigenvalue weighted by atomic mass is 10.1. The Morgan fingerprint density at radius 3 is 2.67 bits per heavy atom. The molecule has 30 heavy (non-hydrogen) atoms. The van der Waals surface area contributed by atoms with Crippen molar-refractivity contribution in [2.24, 2.45) is 0 Å². The molecule has 2 heterocycles. The molecule has 0 aliphatic carbocycles. The van der Waals surface area contributed by atoms with E-state index in [9.17, 15) is 4.79 Å². The van der Waals surface area contributed by atoms with Gasteiger partial charge in [-0.15, -0.1) is 0 Å². The molecular formula is C22H25N5O3. The SMILES string of the molecule is COc1ccc(NC(=O)Nc2n[nH]c3c2CCN(Cc2ccccc2)C3)cc1OC. The molecule has 4 rings (SSSR count). The summed E-state index contributed by atoms with van der Waals surface area (Å²) in [5, 5.41) is 13.0. The Kier molecular flexibility index (Phi) is 5.85. The maximum Gasteiger partial charge on any atom is 0.324 e. The molecule has 1 aromatic heterocycles. The number of urea groups is 1. The molecule has 2 aromatic carbocycles. The molecule has 2 amide bonds. The van der Waals surface area contributed by atoms with Crippen LogP contribution in [0.25, 0.3) is 0 Å². The number of carbonyl (C=O) groups excluding carboxylic acids is 1. The number of fused-ring (bicyclic) bond motifs is 1. The van der Waals surface area contributed by atoms with E-state index in [1.807, 2.05) is 6.07 Å².